The lowest BCUT2D eigenvalue weighted by atomic mass is 10.1. The molecule has 1 fully saturated rings. The minimum Gasteiger partial charge on any atom is -0.497 e. The van der Waals surface area contributed by atoms with E-state index in [0.29, 0.717) is 31.8 Å². The van der Waals surface area contributed by atoms with E-state index in [0.717, 1.165) is 0 Å². The second kappa shape index (κ2) is 6.33. The molecule has 1 aliphatic rings. The number of nitro groups is 1. The number of carbonyl (C=O) groups excluding carboxylic acids is 1. The van der Waals surface area contributed by atoms with Crippen LogP contribution in [0.2, 0.25) is 0 Å². The number of ether oxygens (including phenoxy) is 2. The van der Waals surface area contributed by atoms with Crippen LogP contribution >= 0.6 is 0 Å². The highest BCUT2D eigenvalue weighted by molar-refractivity contribution is 5.98. The Morgan fingerprint density at radius 3 is 2.75 bits per heavy atom. The minimum atomic E-state index is -0.571. The molecule has 0 aliphatic carbocycles. The standard InChI is InChI=1S/C13H16N2O5/c1-19-10-2-3-12(15(17)18)11(8-10)13(16)14-9-4-6-20-7-5-9/h2-3,8-9H,4-7H2,1H3,(H,14,16). The molecule has 1 aromatic carbocycles. The molecule has 1 amide bonds. The van der Waals surface area contributed by atoms with Crippen LogP contribution in [0.25, 0.3) is 0 Å². The fourth-order valence-corrected chi connectivity index (χ4v) is 2.09. The van der Waals surface area contributed by atoms with Crippen LogP contribution in [0.4, 0.5) is 5.69 Å². The summed E-state index contributed by atoms with van der Waals surface area (Å²) in [5, 5.41) is 13.8. The van der Waals surface area contributed by atoms with Crippen LogP contribution in [0, 0.1) is 10.1 Å². The van der Waals surface area contributed by atoms with E-state index in [1.54, 1.807) is 0 Å². The number of benzene rings is 1. The van der Waals surface area contributed by atoms with E-state index >= 15 is 0 Å². The highest BCUT2D eigenvalue weighted by Crippen LogP contribution is 2.24. The molecule has 108 valence electrons. The van der Waals surface area contributed by atoms with Crippen LogP contribution in [0.1, 0.15) is 23.2 Å². The number of nitrogens with zero attached hydrogens (tertiary/aromatic N) is 1. The molecule has 0 saturated carbocycles. The van der Waals surface area contributed by atoms with Crippen molar-refractivity contribution >= 4 is 11.6 Å². The zero-order valence-corrected chi connectivity index (χ0v) is 11.1. The van der Waals surface area contributed by atoms with Gasteiger partial charge in [-0.25, -0.2) is 0 Å². The van der Waals surface area contributed by atoms with Gasteiger partial charge in [0.2, 0.25) is 0 Å². The van der Waals surface area contributed by atoms with Crippen molar-refractivity contribution in [3.8, 4) is 5.75 Å². The third-order valence-corrected chi connectivity index (χ3v) is 3.20. The molecule has 0 aromatic heterocycles. The fourth-order valence-electron chi connectivity index (χ4n) is 2.09. The Balaban J connectivity index is 2.20. The van der Waals surface area contributed by atoms with Crippen LogP contribution < -0.4 is 10.1 Å². The lowest BCUT2D eigenvalue weighted by Crippen LogP contribution is -2.39. The Morgan fingerprint density at radius 2 is 2.15 bits per heavy atom. The first kappa shape index (κ1) is 14.3. The summed E-state index contributed by atoms with van der Waals surface area (Å²) in [6.45, 7) is 1.18. The van der Waals surface area contributed by atoms with E-state index in [1.165, 1.54) is 25.3 Å². The molecule has 1 aliphatic heterocycles. The Morgan fingerprint density at radius 1 is 1.45 bits per heavy atom. The lowest BCUT2D eigenvalue weighted by molar-refractivity contribution is -0.385. The van der Waals surface area contributed by atoms with Gasteiger partial charge >= 0.3 is 0 Å². The fraction of sp³-hybridized carbons (Fsp3) is 0.462. The molecule has 1 heterocycles. The first-order valence-corrected chi connectivity index (χ1v) is 6.33. The summed E-state index contributed by atoms with van der Waals surface area (Å²) in [7, 11) is 1.45. The third-order valence-electron chi connectivity index (χ3n) is 3.20. The van der Waals surface area contributed by atoms with Gasteiger partial charge in [-0.2, -0.15) is 0 Å². The van der Waals surface area contributed by atoms with Crippen molar-refractivity contribution in [2.24, 2.45) is 0 Å². The molecule has 0 atom stereocenters. The largest absolute Gasteiger partial charge is 0.497 e. The molecule has 7 nitrogen and oxygen atoms in total. The maximum atomic E-state index is 12.2. The Hall–Kier alpha value is -2.15. The van der Waals surface area contributed by atoms with Crippen molar-refractivity contribution in [2.75, 3.05) is 20.3 Å². The summed E-state index contributed by atoms with van der Waals surface area (Å²) >= 11 is 0. The summed E-state index contributed by atoms with van der Waals surface area (Å²) < 4.78 is 10.2. The van der Waals surface area contributed by atoms with E-state index in [2.05, 4.69) is 5.32 Å². The highest BCUT2D eigenvalue weighted by Gasteiger charge is 2.24. The quantitative estimate of drug-likeness (QED) is 0.667. The summed E-state index contributed by atoms with van der Waals surface area (Å²) in [6.07, 6.45) is 1.42. The van der Waals surface area contributed by atoms with Crippen LogP contribution in [0.3, 0.4) is 0 Å². The first-order chi connectivity index (χ1) is 9.61. The monoisotopic (exact) mass is 280 g/mol. The van der Waals surface area contributed by atoms with Crippen molar-refractivity contribution in [2.45, 2.75) is 18.9 Å². The molecule has 0 spiro atoms. The lowest BCUT2D eigenvalue weighted by Gasteiger charge is -2.23. The number of nitro benzene ring substituents is 1. The molecule has 1 N–H and O–H groups in total. The molecule has 7 heteroatoms. The average molecular weight is 280 g/mol. The smallest absolute Gasteiger partial charge is 0.282 e. The third kappa shape index (κ3) is 3.24. The van der Waals surface area contributed by atoms with E-state index in [1.807, 2.05) is 0 Å². The zero-order valence-electron chi connectivity index (χ0n) is 11.1. The highest BCUT2D eigenvalue weighted by atomic mass is 16.6. The maximum absolute atomic E-state index is 12.2. The van der Waals surface area contributed by atoms with Crippen molar-refractivity contribution in [3.63, 3.8) is 0 Å². The summed E-state index contributed by atoms with van der Waals surface area (Å²) in [4.78, 5) is 22.6. The molecule has 0 bridgehead atoms. The van der Waals surface area contributed by atoms with Gasteiger partial charge in [0, 0.05) is 25.3 Å². The van der Waals surface area contributed by atoms with Gasteiger partial charge in [-0.1, -0.05) is 0 Å². The van der Waals surface area contributed by atoms with Gasteiger partial charge in [0.1, 0.15) is 11.3 Å². The molecule has 1 aromatic rings. The van der Waals surface area contributed by atoms with Crippen LogP contribution in [0.5, 0.6) is 5.75 Å². The maximum Gasteiger partial charge on any atom is 0.282 e. The number of rotatable bonds is 4. The first-order valence-electron chi connectivity index (χ1n) is 6.33. The molecular formula is C13H16N2O5. The molecule has 20 heavy (non-hydrogen) atoms. The van der Waals surface area contributed by atoms with Gasteiger partial charge in [0.25, 0.3) is 11.6 Å². The van der Waals surface area contributed by atoms with E-state index < -0.39 is 10.8 Å². The zero-order chi connectivity index (χ0) is 14.5. The minimum absolute atomic E-state index is 0.0120. The van der Waals surface area contributed by atoms with Crippen molar-refractivity contribution in [1.29, 1.82) is 0 Å². The number of methoxy groups -OCH3 is 1. The molecular weight excluding hydrogens is 264 g/mol. The van der Waals surface area contributed by atoms with Crippen LogP contribution in [0.15, 0.2) is 18.2 Å². The summed E-state index contributed by atoms with van der Waals surface area (Å²) in [5.41, 5.74) is -0.212. The molecule has 2 rings (SSSR count). The van der Waals surface area contributed by atoms with Gasteiger partial charge in [-0.05, 0) is 25.0 Å². The van der Waals surface area contributed by atoms with Crippen LogP contribution in [-0.2, 0) is 4.74 Å². The SMILES string of the molecule is COc1ccc([N+](=O)[O-])c(C(=O)NC2CCOCC2)c1. The Labute approximate surface area is 116 Å². The van der Waals surface area contributed by atoms with E-state index in [9.17, 15) is 14.9 Å². The normalized spacial score (nSPS) is 15.7. The van der Waals surface area contributed by atoms with E-state index in [-0.39, 0.29) is 17.3 Å². The van der Waals surface area contributed by atoms with Gasteiger partial charge in [-0.3, -0.25) is 14.9 Å². The van der Waals surface area contributed by atoms with Gasteiger partial charge in [0.05, 0.1) is 12.0 Å². The Bertz CT molecular complexity index is 511. The number of hydrogen-bond acceptors (Lipinski definition) is 5. The van der Waals surface area contributed by atoms with Gasteiger partial charge in [0.15, 0.2) is 0 Å². The molecule has 1 saturated heterocycles. The topological polar surface area (TPSA) is 90.7 Å². The van der Waals surface area contributed by atoms with Crippen molar-refractivity contribution < 1.29 is 19.2 Å². The molecule has 0 radical (unpaired) electrons. The number of nitrogens with one attached hydrogen (secondary N) is 1. The number of amides is 1. The average Bonchev–Trinajstić information content (AvgIpc) is 2.47. The van der Waals surface area contributed by atoms with E-state index in [4.69, 9.17) is 9.47 Å². The summed E-state index contributed by atoms with van der Waals surface area (Å²) in [6, 6.07) is 4.11. The predicted molar refractivity (Wildman–Crippen MR) is 71.0 cm³/mol. The van der Waals surface area contributed by atoms with Gasteiger partial charge < -0.3 is 14.8 Å². The van der Waals surface area contributed by atoms with Crippen molar-refractivity contribution in [1.82, 2.24) is 5.32 Å². The Kier molecular flexibility index (Phi) is 4.52. The van der Waals surface area contributed by atoms with Crippen molar-refractivity contribution in [3.05, 3.63) is 33.9 Å². The number of hydrogen-bond donors (Lipinski definition) is 1. The second-order valence-corrected chi connectivity index (χ2v) is 4.50. The second-order valence-electron chi connectivity index (χ2n) is 4.50. The predicted octanol–water partition coefficient (Wildman–Crippen LogP) is 1.51. The summed E-state index contributed by atoms with van der Waals surface area (Å²) in [5.74, 6) is -0.0461. The van der Waals surface area contributed by atoms with Gasteiger partial charge in [-0.15, -0.1) is 0 Å². The molecule has 0 unspecified atom stereocenters. The number of carbonyl (C=O) groups is 1. The van der Waals surface area contributed by atoms with Crippen LogP contribution in [-0.4, -0.2) is 37.2 Å².